The van der Waals surface area contributed by atoms with Crippen LogP contribution < -0.4 is 0 Å². The van der Waals surface area contributed by atoms with Gasteiger partial charge in [0.1, 0.15) is 11.9 Å². The van der Waals surface area contributed by atoms with Crippen LogP contribution in [0.15, 0.2) is 35.9 Å². The van der Waals surface area contributed by atoms with Gasteiger partial charge in [-0.25, -0.2) is 4.39 Å². The fraction of sp³-hybridized carbons (Fsp3) is 0.593. The number of hydrogen-bond donors (Lipinski definition) is 1. The zero-order valence-electron chi connectivity index (χ0n) is 20.0. The van der Waals surface area contributed by atoms with Crippen molar-refractivity contribution in [3.63, 3.8) is 0 Å². The number of aliphatic hydroxyl groups excluding tert-OH is 1. The van der Waals surface area contributed by atoms with E-state index in [9.17, 15) is 14.3 Å². The number of aliphatic hydroxyl groups is 1. The molecule has 1 aromatic carbocycles. The molecular weight excluding hydrogens is 407 g/mol. The number of ether oxygens (including phenoxy) is 2. The van der Waals surface area contributed by atoms with E-state index in [-0.39, 0.29) is 29.2 Å². The van der Waals surface area contributed by atoms with Crippen molar-refractivity contribution in [1.82, 2.24) is 0 Å². The molecule has 1 heterocycles. The number of allylic oxidation sites excluding steroid dienone is 2. The second-order valence-corrected chi connectivity index (χ2v) is 10.2. The van der Waals surface area contributed by atoms with Gasteiger partial charge in [0.2, 0.25) is 0 Å². The van der Waals surface area contributed by atoms with Crippen LogP contribution in [0.3, 0.4) is 0 Å². The van der Waals surface area contributed by atoms with Crippen molar-refractivity contribution in [1.29, 1.82) is 0 Å². The standard InChI is InChI=1S/C27H37FO4/c1-6-7-12-31-27(5)16-22(19-8-11-24(28)18(2)13-19)23(26(3,4)17-27)10-9-21-14-20(29)15-25(30)32-21/h8-11,13,20-21,29H,6-7,12,14-17H2,1-5H3/b10-9+/t20-,21-,27?/m1/s1. The second-order valence-electron chi connectivity index (χ2n) is 10.2. The Labute approximate surface area is 191 Å². The highest BCUT2D eigenvalue weighted by Crippen LogP contribution is 2.50. The molecule has 0 aromatic heterocycles. The molecule has 1 saturated heterocycles. The SMILES string of the molecule is CCCCOC1(C)CC(c2ccc(F)c(C)c2)=C(/C=C/[C@@H]2C[C@@H](O)CC(=O)O2)C(C)(C)C1. The molecule has 1 unspecified atom stereocenters. The lowest BCUT2D eigenvalue weighted by Gasteiger charge is -2.45. The van der Waals surface area contributed by atoms with Crippen LogP contribution in [0.2, 0.25) is 0 Å². The molecule has 176 valence electrons. The molecule has 4 nitrogen and oxygen atoms in total. The van der Waals surface area contributed by atoms with E-state index >= 15 is 0 Å². The molecule has 1 aliphatic carbocycles. The highest BCUT2D eigenvalue weighted by molar-refractivity contribution is 5.75. The lowest BCUT2D eigenvalue weighted by molar-refractivity contribution is -0.156. The molecule has 32 heavy (non-hydrogen) atoms. The minimum absolute atomic E-state index is 0.0477. The molecule has 2 aliphatic rings. The van der Waals surface area contributed by atoms with Gasteiger partial charge in [-0.15, -0.1) is 0 Å². The summed E-state index contributed by atoms with van der Waals surface area (Å²) in [5, 5.41) is 9.95. The Morgan fingerprint density at radius 1 is 1.31 bits per heavy atom. The summed E-state index contributed by atoms with van der Waals surface area (Å²) in [6, 6.07) is 5.26. The maximum absolute atomic E-state index is 14.0. The van der Waals surface area contributed by atoms with Gasteiger partial charge in [-0.2, -0.15) is 0 Å². The number of esters is 1. The van der Waals surface area contributed by atoms with Crippen molar-refractivity contribution in [3.05, 3.63) is 52.9 Å². The average molecular weight is 445 g/mol. The summed E-state index contributed by atoms with van der Waals surface area (Å²) in [5.41, 5.74) is 3.34. The van der Waals surface area contributed by atoms with Crippen molar-refractivity contribution in [2.75, 3.05) is 6.61 Å². The van der Waals surface area contributed by atoms with Crippen molar-refractivity contribution < 1.29 is 23.8 Å². The van der Waals surface area contributed by atoms with Crippen LogP contribution in [0.25, 0.3) is 5.57 Å². The van der Waals surface area contributed by atoms with Gasteiger partial charge in [0.05, 0.1) is 18.1 Å². The summed E-state index contributed by atoms with van der Waals surface area (Å²) in [7, 11) is 0. The number of benzene rings is 1. The molecule has 5 heteroatoms. The third-order valence-electron chi connectivity index (χ3n) is 6.54. The summed E-state index contributed by atoms with van der Waals surface area (Å²) < 4.78 is 25.8. The monoisotopic (exact) mass is 444 g/mol. The highest BCUT2D eigenvalue weighted by atomic mass is 19.1. The first-order valence-electron chi connectivity index (χ1n) is 11.7. The molecule has 3 rings (SSSR count). The van der Waals surface area contributed by atoms with E-state index in [0.29, 0.717) is 12.0 Å². The first kappa shape index (κ1) is 24.7. The Bertz CT molecular complexity index is 901. The lowest BCUT2D eigenvalue weighted by atomic mass is 9.65. The summed E-state index contributed by atoms with van der Waals surface area (Å²) in [4.78, 5) is 11.7. The number of halogens is 1. The smallest absolute Gasteiger partial charge is 0.309 e. The van der Waals surface area contributed by atoms with Crippen LogP contribution >= 0.6 is 0 Å². The van der Waals surface area contributed by atoms with E-state index < -0.39 is 12.2 Å². The maximum Gasteiger partial charge on any atom is 0.309 e. The van der Waals surface area contributed by atoms with E-state index in [1.54, 1.807) is 6.92 Å². The van der Waals surface area contributed by atoms with Crippen LogP contribution in [0.5, 0.6) is 0 Å². The molecule has 0 amide bonds. The summed E-state index contributed by atoms with van der Waals surface area (Å²) >= 11 is 0. The highest BCUT2D eigenvalue weighted by Gasteiger charge is 2.42. The summed E-state index contributed by atoms with van der Waals surface area (Å²) in [5.74, 6) is -0.590. The van der Waals surface area contributed by atoms with Crippen LogP contribution in [0.1, 0.15) is 77.3 Å². The largest absolute Gasteiger partial charge is 0.458 e. The Morgan fingerprint density at radius 3 is 2.72 bits per heavy atom. The topological polar surface area (TPSA) is 55.8 Å². The van der Waals surface area contributed by atoms with Crippen LogP contribution in [-0.4, -0.2) is 35.5 Å². The minimum atomic E-state index is -0.672. The third-order valence-corrected chi connectivity index (χ3v) is 6.54. The van der Waals surface area contributed by atoms with E-state index in [0.717, 1.165) is 49.0 Å². The number of rotatable bonds is 7. The van der Waals surface area contributed by atoms with E-state index in [4.69, 9.17) is 9.47 Å². The van der Waals surface area contributed by atoms with Gasteiger partial charge in [-0.05, 0) is 72.6 Å². The van der Waals surface area contributed by atoms with Crippen LogP contribution in [0.4, 0.5) is 4.39 Å². The molecule has 0 bridgehead atoms. The Morgan fingerprint density at radius 2 is 2.06 bits per heavy atom. The normalized spacial score (nSPS) is 28.3. The number of cyclic esters (lactones) is 1. The predicted molar refractivity (Wildman–Crippen MR) is 125 cm³/mol. The number of unbranched alkanes of at least 4 members (excludes halogenated alkanes) is 1. The number of carbonyl (C=O) groups is 1. The first-order chi connectivity index (χ1) is 15.0. The van der Waals surface area contributed by atoms with Gasteiger partial charge in [0.25, 0.3) is 0 Å². The Balaban J connectivity index is 2.01. The first-order valence-corrected chi connectivity index (χ1v) is 11.7. The van der Waals surface area contributed by atoms with Gasteiger partial charge < -0.3 is 14.6 Å². The molecule has 3 atom stereocenters. The van der Waals surface area contributed by atoms with Gasteiger partial charge >= 0.3 is 5.97 Å². The lowest BCUT2D eigenvalue weighted by Crippen LogP contribution is -2.40. The molecular formula is C27H37FO4. The molecule has 1 aromatic rings. The zero-order valence-corrected chi connectivity index (χ0v) is 20.0. The van der Waals surface area contributed by atoms with Gasteiger partial charge in [-0.1, -0.05) is 39.3 Å². The number of carbonyl (C=O) groups excluding carboxylic acids is 1. The number of hydrogen-bond acceptors (Lipinski definition) is 4. The quantitative estimate of drug-likeness (QED) is 0.420. The van der Waals surface area contributed by atoms with Gasteiger partial charge in [0, 0.05) is 19.4 Å². The van der Waals surface area contributed by atoms with Gasteiger partial charge in [0.15, 0.2) is 0 Å². The Hall–Kier alpha value is -1.98. The summed E-state index contributed by atoms with van der Waals surface area (Å²) in [6.45, 7) is 11.2. The molecule has 0 radical (unpaired) electrons. The molecule has 1 fully saturated rings. The fourth-order valence-electron chi connectivity index (χ4n) is 5.08. The van der Waals surface area contributed by atoms with Crippen molar-refractivity contribution in [3.8, 4) is 0 Å². The van der Waals surface area contributed by atoms with E-state index in [1.165, 1.54) is 6.07 Å². The van der Waals surface area contributed by atoms with Crippen molar-refractivity contribution in [2.24, 2.45) is 5.41 Å². The van der Waals surface area contributed by atoms with E-state index in [2.05, 4.69) is 27.7 Å². The van der Waals surface area contributed by atoms with Crippen molar-refractivity contribution >= 4 is 11.5 Å². The zero-order chi connectivity index (χ0) is 23.5. The second kappa shape index (κ2) is 9.88. The number of aryl methyl sites for hydroxylation is 1. The Kier molecular flexibility index (Phi) is 7.61. The molecule has 0 spiro atoms. The maximum atomic E-state index is 14.0. The average Bonchev–Trinajstić information content (AvgIpc) is 2.68. The predicted octanol–water partition coefficient (Wildman–Crippen LogP) is 5.91. The summed E-state index contributed by atoms with van der Waals surface area (Å²) in [6.07, 6.45) is 6.92. The van der Waals surface area contributed by atoms with Gasteiger partial charge in [-0.3, -0.25) is 4.79 Å². The third kappa shape index (κ3) is 5.87. The van der Waals surface area contributed by atoms with Crippen LogP contribution in [-0.2, 0) is 14.3 Å². The minimum Gasteiger partial charge on any atom is -0.458 e. The molecule has 1 aliphatic heterocycles. The van der Waals surface area contributed by atoms with Crippen LogP contribution in [0, 0.1) is 18.2 Å². The van der Waals surface area contributed by atoms with E-state index in [1.807, 2.05) is 24.3 Å². The molecule has 0 saturated carbocycles. The fourth-order valence-corrected chi connectivity index (χ4v) is 5.08. The van der Waals surface area contributed by atoms with Crippen molar-refractivity contribution in [2.45, 2.75) is 91.0 Å². The molecule has 1 N–H and O–H groups in total.